The molecule has 0 heterocycles. The van der Waals surface area contributed by atoms with Crippen LogP contribution in [-0.4, -0.2) is 12.1 Å². The van der Waals surface area contributed by atoms with Gasteiger partial charge in [0.05, 0.1) is 5.41 Å². The van der Waals surface area contributed by atoms with E-state index in [1.807, 2.05) is 20.8 Å². The Balaban J connectivity index is 1.99. The molecule has 2 aliphatic carbocycles. The average molecular weight is 252 g/mol. The van der Waals surface area contributed by atoms with Gasteiger partial charge in [-0.1, -0.05) is 27.7 Å². The van der Waals surface area contributed by atoms with E-state index in [1.54, 1.807) is 0 Å². The molecule has 0 saturated heterocycles. The van der Waals surface area contributed by atoms with E-state index >= 15 is 0 Å². The molecule has 18 heavy (non-hydrogen) atoms. The zero-order valence-corrected chi connectivity index (χ0v) is 12.7. The van der Waals surface area contributed by atoms with Gasteiger partial charge in [0.2, 0.25) is 0 Å². The maximum absolute atomic E-state index is 12.2. The first-order chi connectivity index (χ1) is 8.24. The predicted octanol–water partition coefficient (Wildman–Crippen LogP) is 4.04. The van der Waals surface area contributed by atoms with Gasteiger partial charge in [0.25, 0.3) is 0 Å². The van der Waals surface area contributed by atoms with E-state index in [0.29, 0.717) is 17.3 Å². The van der Waals surface area contributed by atoms with Gasteiger partial charge in [0.1, 0.15) is 6.10 Å². The summed E-state index contributed by atoms with van der Waals surface area (Å²) in [5.41, 5.74) is 0.151. The number of carbonyl (C=O) groups is 1. The van der Waals surface area contributed by atoms with Gasteiger partial charge >= 0.3 is 5.97 Å². The van der Waals surface area contributed by atoms with Crippen molar-refractivity contribution in [2.45, 2.75) is 66.9 Å². The summed E-state index contributed by atoms with van der Waals surface area (Å²) in [6.45, 7) is 12.9. The quantitative estimate of drug-likeness (QED) is 0.706. The maximum atomic E-state index is 12.2. The third kappa shape index (κ3) is 1.98. The summed E-state index contributed by atoms with van der Waals surface area (Å²) >= 11 is 0. The number of ether oxygens (including phenoxy) is 1. The van der Waals surface area contributed by atoms with Crippen molar-refractivity contribution < 1.29 is 9.53 Å². The Labute approximate surface area is 111 Å². The highest BCUT2D eigenvalue weighted by molar-refractivity contribution is 5.76. The third-order valence-electron chi connectivity index (χ3n) is 5.83. The Morgan fingerprint density at radius 1 is 1.39 bits per heavy atom. The summed E-state index contributed by atoms with van der Waals surface area (Å²) in [6.07, 6.45) is 3.43. The zero-order valence-electron chi connectivity index (χ0n) is 12.7. The summed E-state index contributed by atoms with van der Waals surface area (Å²) in [5.74, 6) is 2.04. The van der Waals surface area contributed by atoms with Gasteiger partial charge in [-0.15, -0.1) is 0 Å². The molecular weight excluding hydrogens is 224 g/mol. The molecule has 0 aromatic carbocycles. The molecule has 0 N–H and O–H groups in total. The zero-order chi connectivity index (χ0) is 13.7. The van der Waals surface area contributed by atoms with Gasteiger partial charge < -0.3 is 4.74 Å². The molecule has 2 saturated carbocycles. The minimum atomic E-state index is -0.336. The lowest BCUT2D eigenvalue weighted by Crippen LogP contribution is -2.32. The number of esters is 1. The summed E-state index contributed by atoms with van der Waals surface area (Å²) in [5, 5.41) is 0. The maximum Gasteiger partial charge on any atom is 0.311 e. The molecular formula is C16H28O2. The van der Waals surface area contributed by atoms with Crippen molar-refractivity contribution in [3.8, 4) is 0 Å². The van der Waals surface area contributed by atoms with E-state index in [9.17, 15) is 4.79 Å². The van der Waals surface area contributed by atoms with E-state index in [4.69, 9.17) is 4.74 Å². The summed E-state index contributed by atoms with van der Waals surface area (Å²) < 4.78 is 5.82. The molecule has 0 bridgehead atoms. The Hall–Kier alpha value is -0.530. The van der Waals surface area contributed by atoms with Crippen molar-refractivity contribution in [2.75, 3.05) is 0 Å². The second kappa shape index (κ2) is 4.25. The monoisotopic (exact) mass is 252 g/mol. The van der Waals surface area contributed by atoms with Crippen molar-refractivity contribution in [1.29, 1.82) is 0 Å². The lowest BCUT2D eigenvalue weighted by molar-refractivity contribution is -0.162. The van der Waals surface area contributed by atoms with Crippen LogP contribution in [-0.2, 0) is 9.53 Å². The first kappa shape index (κ1) is 13.9. The molecule has 4 atom stereocenters. The average Bonchev–Trinajstić information content (AvgIpc) is 2.96. The van der Waals surface area contributed by atoms with Crippen LogP contribution in [0.2, 0.25) is 0 Å². The first-order valence-electron chi connectivity index (χ1n) is 7.45. The molecule has 0 radical (unpaired) electrons. The van der Waals surface area contributed by atoms with Crippen molar-refractivity contribution in [3.05, 3.63) is 0 Å². The highest BCUT2D eigenvalue weighted by atomic mass is 16.5. The van der Waals surface area contributed by atoms with E-state index < -0.39 is 0 Å². The normalized spacial score (nSPS) is 38.7. The minimum Gasteiger partial charge on any atom is -0.462 e. The summed E-state index contributed by atoms with van der Waals surface area (Å²) in [6, 6.07) is 0. The highest BCUT2D eigenvalue weighted by Gasteiger charge is 2.66. The third-order valence-corrected chi connectivity index (χ3v) is 5.83. The molecule has 2 nitrogen and oxygen atoms in total. The molecule has 104 valence electrons. The van der Waals surface area contributed by atoms with Crippen LogP contribution in [0.15, 0.2) is 0 Å². The summed E-state index contributed by atoms with van der Waals surface area (Å²) in [4.78, 5) is 12.2. The van der Waals surface area contributed by atoms with Crippen LogP contribution in [0.5, 0.6) is 0 Å². The molecule has 2 rings (SSSR count). The van der Waals surface area contributed by atoms with Gasteiger partial charge in [-0.05, 0) is 56.3 Å². The number of hydrogen-bond acceptors (Lipinski definition) is 2. The van der Waals surface area contributed by atoms with Crippen LogP contribution in [0.3, 0.4) is 0 Å². The van der Waals surface area contributed by atoms with Crippen LogP contribution in [0.4, 0.5) is 0 Å². The van der Waals surface area contributed by atoms with Gasteiger partial charge in [-0.25, -0.2) is 0 Å². The largest absolute Gasteiger partial charge is 0.462 e. The Morgan fingerprint density at radius 3 is 2.44 bits per heavy atom. The molecule has 0 amide bonds. The second-order valence-electron chi connectivity index (χ2n) is 7.44. The van der Waals surface area contributed by atoms with Gasteiger partial charge in [0.15, 0.2) is 0 Å². The molecule has 0 spiro atoms. The van der Waals surface area contributed by atoms with Crippen LogP contribution in [0.25, 0.3) is 0 Å². The Bertz CT molecular complexity index is 345. The number of rotatable bonds is 4. The molecule has 2 aliphatic rings. The fourth-order valence-corrected chi connectivity index (χ4v) is 3.60. The Kier molecular flexibility index (Phi) is 3.28. The fraction of sp³-hybridized carbons (Fsp3) is 0.938. The molecule has 4 unspecified atom stereocenters. The number of hydrogen-bond donors (Lipinski definition) is 0. The van der Waals surface area contributed by atoms with Crippen LogP contribution >= 0.6 is 0 Å². The van der Waals surface area contributed by atoms with Gasteiger partial charge in [-0.3, -0.25) is 4.79 Å². The molecule has 0 aromatic heterocycles. The standard InChI is InChI=1S/C16H28O2/c1-7-15(5,6)14(17)18-13-9-16(10(2)3)8-12(16)11(13)4/h10-13H,7-9H2,1-6H3. The van der Waals surface area contributed by atoms with Crippen LogP contribution < -0.4 is 0 Å². The second-order valence-corrected chi connectivity index (χ2v) is 7.44. The highest BCUT2D eigenvalue weighted by Crippen LogP contribution is 2.70. The van der Waals surface area contributed by atoms with Crippen LogP contribution in [0, 0.1) is 28.6 Å². The predicted molar refractivity (Wildman–Crippen MR) is 73.1 cm³/mol. The lowest BCUT2D eigenvalue weighted by atomic mass is 9.89. The first-order valence-corrected chi connectivity index (χ1v) is 7.45. The van der Waals surface area contributed by atoms with Gasteiger partial charge in [0, 0.05) is 0 Å². The number of carbonyl (C=O) groups excluding carboxylic acids is 1. The van der Waals surface area contributed by atoms with E-state index in [0.717, 1.165) is 18.8 Å². The molecule has 2 fully saturated rings. The van der Waals surface area contributed by atoms with E-state index in [-0.39, 0.29) is 17.5 Å². The van der Waals surface area contributed by atoms with Crippen molar-refractivity contribution >= 4 is 5.97 Å². The van der Waals surface area contributed by atoms with Crippen molar-refractivity contribution in [2.24, 2.45) is 28.6 Å². The summed E-state index contributed by atoms with van der Waals surface area (Å²) in [7, 11) is 0. The van der Waals surface area contributed by atoms with Crippen LogP contribution in [0.1, 0.15) is 60.8 Å². The van der Waals surface area contributed by atoms with Crippen molar-refractivity contribution in [1.82, 2.24) is 0 Å². The molecule has 0 aliphatic heterocycles. The molecule has 2 heteroatoms. The Morgan fingerprint density at radius 2 is 2.00 bits per heavy atom. The van der Waals surface area contributed by atoms with Crippen molar-refractivity contribution in [3.63, 3.8) is 0 Å². The fourth-order valence-electron chi connectivity index (χ4n) is 3.60. The lowest BCUT2D eigenvalue weighted by Gasteiger charge is -2.27. The topological polar surface area (TPSA) is 26.3 Å². The SMILES string of the molecule is CCC(C)(C)C(=O)OC1CC2(C(C)C)CC2C1C. The minimum absolute atomic E-state index is 0.0120. The molecule has 0 aromatic rings. The number of fused-ring (bicyclic) bond motifs is 1. The van der Waals surface area contributed by atoms with Gasteiger partial charge in [-0.2, -0.15) is 0 Å². The smallest absolute Gasteiger partial charge is 0.311 e. The van der Waals surface area contributed by atoms with E-state index in [2.05, 4.69) is 20.8 Å². The van der Waals surface area contributed by atoms with E-state index in [1.165, 1.54) is 6.42 Å².